The molecule has 3 rings (SSSR count). The normalized spacial score (nSPS) is 10.4. The van der Waals surface area contributed by atoms with Gasteiger partial charge >= 0.3 is 0 Å². The fourth-order valence-electron chi connectivity index (χ4n) is 2.42. The summed E-state index contributed by atoms with van der Waals surface area (Å²) in [7, 11) is 3.22. The predicted molar refractivity (Wildman–Crippen MR) is 106 cm³/mol. The smallest absolute Gasteiger partial charge is 0.249 e. The van der Waals surface area contributed by atoms with Crippen LogP contribution >= 0.6 is 11.6 Å². The van der Waals surface area contributed by atoms with Crippen molar-refractivity contribution < 1.29 is 9.47 Å². The van der Waals surface area contributed by atoms with E-state index in [1.807, 2.05) is 43.3 Å². The lowest BCUT2D eigenvalue weighted by Gasteiger charge is -2.11. The van der Waals surface area contributed by atoms with Crippen LogP contribution in [0.15, 0.2) is 42.6 Å². The van der Waals surface area contributed by atoms with Gasteiger partial charge < -0.3 is 20.1 Å². The number of ether oxygens (including phenoxy) is 2. The Kier molecular flexibility index (Phi) is 5.93. The Balaban J connectivity index is 1.68. The summed E-state index contributed by atoms with van der Waals surface area (Å²) < 4.78 is 10.6. The molecule has 27 heavy (non-hydrogen) atoms. The van der Waals surface area contributed by atoms with E-state index in [1.54, 1.807) is 20.4 Å². The van der Waals surface area contributed by atoms with Gasteiger partial charge in [0, 0.05) is 17.3 Å². The molecule has 1 heterocycles. The number of anilines is 3. The van der Waals surface area contributed by atoms with Gasteiger partial charge in [-0.1, -0.05) is 23.7 Å². The van der Waals surface area contributed by atoms with Crippen molar-refractivity contribution in [3.63, 3.8) is 0 Å². The number of nitrogens with zero attached hydrogens (tertiary/aromatic N) is 3. The number of rotatable bonds is 7. The van der Waals surface area contributed by atoms with Crippen molar-refractivity contribution in [2.75, 3.05) is 24.9 Å². The molecule has 140 valence electrons. The van der Waals surface area contributed by atoms with Crippen LogP contribution in [0.5, 0.6) is 11.5 Å². The minimum atomic E-state index is 0.382. The molecule has 2 aromatic carbocycles. The van der Waals surface area contributed by atoms with Gasteiger partial charge in [0.05, 0.1) is 20.4 Å². The van der Waals surface area contributed by atoms with Crippen LogP contribution < -0.4 is 20.1 Å². The van der Waals surface area contributed by atoms with Crippen molar-refractivity contribution in [3.05, 3.63) is 58.7 Å². The summed E-state index contributed by atoms with van der Waals surface area (Å²) in [6, 6.07) is 11.4. The molecular formula is C19H20ClN5O2. The molecule has 1 aromatic heterocycles. The average molecular weight is 386 g/mol. The van der Waals surface area contributed by atoms with Crippen LogP contribution in [0, 0.1) is 6.92 Å². The Morgan fingerprint density at radius 2 is 1.85 bits per heavy atom. The maximum atomic E-state index is 6.15. The summed E-state index contributed by atoms with van der Waals surface area (Å²) >= 11 is 6.15. The highest BCUT2D eigenvalue weighted by Crippen LogP contribution is 2.28. The summed E-state index contributed by atoms with van der Waals surface area (Å²) in [6.45, 7) is 2.50. The zero-order valence-corrected chi connectivity index (χ0v) is 16.0. The van der Waals surface area contributed by atoms with E-state index >= 15 is 0 Å². The maximum absolute atomic E-state index is 6.15. The number of nitrogens with one attached hydrogen (secondary N) is 2. The second-order valence-electron chi connectivity index (χ2n) is 5.80. The third-order valence-electron chi connectivity index (χ3n) is 3.91. The van der Waals surface area contributed by atoms with E-state index in [1.165, 1.54) is 0 Å². The lowest BCUT2D eigenvalue weighted by molar-refractivity contribution is 0.354. The maximum Gasteiger partial charge on any atom is 0.249 e. The van der Waals surface area contributed by atoms with Crippen molar-refractivity contribution in [2.24, 2.45) is 0 Å². The van der Waals surface area contributed by atoms with Gasteiger partial charge in [-0.3, -0.25) is 0 Å². The SMILES string of the molecule is COc1ccc(CNc2cnnc(Nc3ccc(C)c(Cl)c3)n2)cc1OC. The molecule has 2 N–H and O–H groups in total. The van der Waals surface area contributed by atoms with E-state index in [2.05, 4.69) is 25.8 Å². The molecule has 0 atom stereocenters. The lowest BCUT2D eigenvalue weighted by Crippen LogP contribution is -2.06. The van der Waals surface area contributed by atoms with Gasteiger partial charge in [-0.05, 0) is 42.3 Å². The van der Waals surface area contributed by atoms with Crippen LogP contribution in [0.4, 0.5) is 17.5 Å². The number of halogens is 1. The van der Waals surface area contributed by atoms with Crippen molar-refractivity contribution >= 4 is 29.1 Å². The monoisotopic (exact) mass is 385 g/mol. The standard InChI is InChI=1S/C19H20ClN5O2/c1-12-4-6-14(9-15(12)20)23-19-24-18(11-22-25-19)21-10-13-5-7-16(26-2)17(8-13)27-3/h4-9,11H,10H2,1-3H3,(H2,21,23,24,25). The Hall–Kier alpha value is -3.06. The van der Waals surface area contributed by atoms with Crippen molar-refractivity contribution in [2.45, 2.75) is 13.5 Å². The van der Waals surface area contributed by atoms with E-state index in [-0.39, 0.29) is 0 Å². The Labute approximate surface area is 162 Å². The summed E-state index contributed by atoms with van der Waals surface area (Å²) in [5.74, 6) is 2.34. The number of aromatic nitrogens is 3. The molecule has 0 aliphatic heterocycles. The second-order valence-corrected chi connectivity index (χ2v) is 6.20. The minimum Gasteiger partial charge on any atom is -0.493 e. The number of methoxy groups -OCH3 is 2. The Morgan fingerprint density at radius 3 is 2.59 bits per heavy atom. The Bertz CT molecular complexity index is 936. The minimum absolute atomic E-state index is 0.382. The fraction of sp³-hybridized carbons (Fsp3) is 0.211. The predicted octanol–water partition coefficient (Wildman–Crippen LogP) is 4.21. The number of hydrogen-bond donors (Lipinski definition) is 2. The first-order valence-electron chi connectivity index (χ1n) is 8.26. The number of aryl methyl sites for hydroxylation is 1. The average Bonchev–Trinajstić information content (AvgIpc) is 2.69. The second kappa shape index (κ2) is 8.55. The van der Waals surface area contributed by atoms with Crippen LogP contribution in [0.2, 0.25) is 5.02 Å². The first-order valence-corrected chi connectivity index (χ1v) is 8.64. The summed E-state index contributed by atoms with van der Waals surface area (Å²) in [5.41, 5.74) is 2.82. The largest absolute Gasteiger partial charge is 0.493 e. The van der Waals surface area contributed by atoms with E-state index in [0.717, 1.165) is 16.8 Å². The van der Waals surface area contributed by atoms with Crippen LogP contribution in [0.3, 0.4) is 0 Å². The van der Waals surface area contributed by atoms with Gasteiger partial charge in [-0.25, -0.2) is 0 Å². The lowest BCUT2D eigenvalue weighted by atomic mass is 10.2. The topological polar surface area (TPSA) is 81.2 Å². The molecule has 7 nitrogen and oxygen atoms in total. The summed E-state index contributed by atoms with van der Waals surface area (Å²) in [5, 5.41) is 15.0. The van der Waals surface area contributed by atoms with Gasteiger partial charge in [0.1, 0.15) is 0 Å². The van der Waals surface area contributed by atoms with Crippen molar-refractivity contribution in [1.29, 1.82) is 0 Å². The molecule has 0 spiro atoms. The van der Waals surface area contributed by atoms with E-state index in [0.29, 0.717) is 34.8 Å². The molecule has 0 bridgehead atoms. The summed E-state index contributed by atoms with van der Waals surface area (Å²) in [6.07, 6.45) is 1.56. The van der Waals surface area contributed by atoms with Gasteiger partial charge in [0.2, 0.25) is 5.95 Å². The molecule has 0 saturated heterocycles. The first-order chi connectivity index (χ1) is 13.1. The molecule has 0 aliphatic carbocycles. The quantitative estimate of drug-likeness (QED) is 0.630. The first kappa shape index (κ1) is 18.7. The van der Waals surface area contributed by atoms with Crippen LogP contribution in [-0.4, -0.2) is 29.4 Å². The fourth-order valence-corrected chi connectivity index (χ4v) is 2.61. The molecule has 0 amide bonds. The van der Waals surface area contributed by atoms with Crippen LogP contribution in [-0.2, 0) is 6.54 Å². The molecule has 0 radical (unpaired) electrons. The zero-order chi connectivity index (χ0) is 19.2. The molecule has 0 saturated carbocycles. The highest BCUT2D eigenvalue weighted by Gasteiger charge is 2.06. The molecule has 0 aliphatic rings. The van der Waals surface area contributed by atoms with Crippen LogP contribution in [0.1, 0.15) is 11.1 Å². The highest BCUT2D eigenvalue weighted by molar-refractivity contribution is 6.31. The molecule has 0 fully saturated rings. The van der Waals surface area contributed by atoms with E-state index < -0.39 is 0 Å². The van der Waals surface area contributed by atoms with Gasteiger partial charge in [-0.2, -0.15) is 10.1 Å². The van der Waals surface area contributed by atoms with Crippen molar-refractivity contribution in [1.82, 2.24) is 15.2 Å². The van der Waals surface area contributed by atoms with Crippen LogP contribution in [0.25, 0.3) is 0 Å². The molecule has 8 heteroatoms. The zero-order valence-electron chi connectivity index (χ0n) is 15.3. The third kappa shape index (κ3) is 4.77. The van der Waals surface area contributed by atoms with E-state index in [4.69, 9.17) is 21.1 Å². The molecule has 3 aromatic rings. The third-order valence-corrected chi connectivity index (χ3v) is 4.32. The van der Waals surface area contributed by atoms with Gasteiger partial charge in [0.15, 0.2) is 17.3 Å². The van der Waals surface area contributed by atoms with Crippen molar-refractivity contribution in [3.8, 4) is 11.5 Å². The highest BCUT2D eigenvalue weighted by atomic mass is 35.5. The number of hydrogen-bond acceptors (Lipinski definition) is 7. The summed E-state index contributed by atoms with van der Waals surface area (Å²) in [4.78, 5) is 4.42. The number of benzene rings is 2. The Morgan fingerprint density at radius 1 is 1.04 bits per heavy atom. The van der Waals surface area contributed by atoms with E-state index in [9.17, 15) is 0 Å². The van der Waals surface area contributed by atoms with Gasteiger partial charge in [0.25, 0.3) is 0 Å². The molecule has 0 unspecified atom stereocenters. The molecular weight excluding hydrogens is 366 g/mol. The van der Waals surface area contributed by atoms with Gasteiger partial charge in [-0.15, -0.1) is 5.10 Å².